The van der Waals surface area contributed by atoms with Crippen LogP contribution in [0, 0.1) is 10.8 Å². The van der Waals surface area contributed by atoms with E-state index >= 15 is 0 Å². The zero-order chi connectivity index (χ0) is 19.8. The van der Waals surface area contributed by atoms with Crippen LogP contribution >= 0.6 is 0 Å². The minimum atomic E-state index is -0.226. The molecule has 0 unspecified atom stereocenters. The number of carbonyl (C=O) groups is 1. The van der Waals surface area contributed by atoms with E-state index in [1.165, 1.54) is 0 Å². The fraction of sp³-hybridized carbons (Fsp3) is 0.286. The molecular weight excluding hydrogens is 340 g/mol. The number of carbonyl (C=O) groups excluding carboxylic acids is 1. The minimum absolute atomic E-state index is 0.00829. The molecule has 142 valence electrons. The Labute approximate surface area is 159 Å². The van der Waals surface area contributed by atoms with E-state index in [4.69, 9.17) is 27.0 Å². The smallest absolute Gasteiger partial charge is 0.306 e. The number of esters is 1. The predicted octanol–water partition coefficient (Wildman–Crippen LogP) is 2.92. The van der Waals surface area contributed by atoms with Gasteiger partial charge in [0.2, 0.25) is 0 Å². The van der Waals surface area contributed by atoms with Crippen LogP contribution in [0.4, 0.5) is 0 Å². The first kappa shape index (κ1) is 20.2. The zero-order valence-corrected chi connectivity index (χ0v) is 15.5. The Morgan fingerprint density at radius 3 is 2.30 bits per heavy atom. The van der Waals surface area contributed by atoms with Gasteiger partial charge in [-0.25, -0.2) is 0 Å². The summed E-state index contributed by atoms with van der Waals surface area (Å²) >= 11 is 0. The van der Waals surface area contributed by atoms with E-state index in [-0.39, 0.29) is 23.6 Å². The third-order valence-corrected chi connectivity index (χ3v) is 4.43. The number of nitrogens with one attached hydrogen (secondary N) is 2. The number of hydrogen-bond donors (Lipinski definition) is 4. The maximum atomic E-state index is 12.0. The summed E-state index contributed by atoms with van der Waals surface area (Å²) < 4.78 is 5.12. The van der Waals surface area contributed by atoms with Crippen molar-refractivity contribution in [2.45, 2.75) is 32.1 Å². The zero-order valence-electron chi connectivity index (χ0n) is 15.5. The van der Waals surface area contributed by atoms with Crippen molar-refractivity contribution in [2.75, 3.05) is 6.61 Å². The van der Waals surface area contributed by atoms with E-state index in [1.54, 1.807) is 19.1 Å². The fourth-order valence-electron chi connectivity index (χ4n) is 2.98. The molecule has 0 spiro atoms. The molecule has 0 aliphatic heterocycles. The lowest BCUT2D eigenvalue weighted by Gasteiger charge is -2.17. The molecule has 0 heterocycles. The fourth-order valence-corrected chi connectivity index (χ4v) is 2.98. The van der Waals surface area contributed by atoms with Crippen molar-refractivity contribution in [3.05, 3.63) is 70.8 Å². The van der Waals surface area contributed by atoms with Gasteiger partial charge in [0.15, 0.2) is 0 Å². The molecule has 0 aromatic heterocycles. The maximum absolute atomic E-state index is 12.0. The summed E-state index contributed by atoms with van der Waals surface area (Å²) in [6.45, 7) is 2.15. The molecule has 27 heavy (non-hydrogen) atoms. The van der Waals surface area contributed by atoms with Crippen molar-refractivity contribution in [1.82, 2.24) is 0 Å². The van der Waals surface area contributed by atoms with Crippen molar-refractivity contribution in [3.8, 4) is 0 Å². The van der Waals surface area contributed by atoms with E-state index in [0.717, 1.165) is 24.0 Å². The number of aryl methyl sites for hydroxylation is 1. The Morgan fingerprint density at radius 2 is 1.70 bits per heavy atom. The van der Waals surface area contributed by atoms with Gasteiger partial charge in [-0.1, -0.05) is 42.5 Å². The SMILES string of the molecule is CCOC(=O)C[C@@H](CCc1cccc(C(=N)N)c1)c1ccc(C(=N)N)cc1. The predicted molar refractivity (Wildman–Crippen MR) is 107 cm³/mol. The second-order valence-corrected chi connectivity index (χ2v) is 6.39. The van der Waals surface area contributed by atoms with Gasteiger partial charge in [-0.3, -0.25) is 15.6 Å². The molecule has 2 aromatic carbocycles. The molecule has 0 saturated carbocycles. The standard InChI is InChI=1S/C21H26N4O2/c1-2-27-19(26)13-17(15-8-10-16(11-9-15)20(22)23)7-6-14-4-3-5-18(12-14)21(24)25/h3-5,8-12,17H,2,6-7,13H2,1H3,(H3,22,23)(H3,24,25)/t17-/m1/s1. The van der Waals surface area contributed by atoms with Crippen LogP contribution in [0.3, 0.4) is 0 Å². The number of nitrogens with two attached hydrogens (primary N) is 2. The first-order valence-electron chi connectivity index (χ1n) is 8.94. The van der Waals surface area contributed by atoms with Crippen LogP contribution in [-0.4, -0.2) is 24.2 Å². The van der Waals surface area contributed by atoms with Crippen LogP contribution in [0.1, 0.15) is 47.9 Å². The molecule has 0 amide bonds. The monoisotopic (exact) mass is 366 g/mol. The molecule has 6 heteroatoms. The van der Waals surface area contributed by atoms with Crippen molar-refractivity contribution in [2.24, 2.45) is 11.5 Å². The van der Waals surface area contributed by atoms with Gasteiger partial charge >= 0.3 is 5.97 Å². The average Bonchev–Trinajstić information content (AvgIpc) is 2.65. The van der Waals surface area contributed by atoms with Gasteiger partial charge in [0.25, 0.3) is 0 Å². The van der Waals surface area contributed by atoms with Crippen LogP contribution in [0.15, 0.2) is 48.5 Å². The Kier molecular flexibility index (Phi) is 7.11. The Balaban J connectivity index is 2.16. The first-order chi connectivity index (χ1) is 12.9. The number of hydrogen-bond acceptors (Lipinski definition) is 4. The molecule has 0 bridgehead atoms. The lowest BCUT2D eigenvalue weighted by atomic mass is 9.89. The van der Waals surface area contributed by atoms with Gasteiger partial charge in [0.1, 0.15) is 11.7 Å². The van der Waals surface area contributed by atoms with Gasteiger partial charge in [-0.05, 0) is 42.9 Å². The van der Waals surface area contributed by atoms with Crippen molar-refractivity contribution < 1.29 is 9.53 Å². The summed E-state index contributed by atoms with van der Waals surface area (Å²) in [5.41, 5.74) is 14.5. The quantitative estimate of drug-likeness (QED) is 0.309. The van der Waals surface area contributed by atoms with E-state index in [0.29, 0.717) is 24.2 Å². The highest BCUT2D eigenvalue weighted by atomic mass is 16.5. The molecule has 0 aliphatic carbocycles. The molecule has 0 saturated heterocycles. The highest BCUT2D eigenvalue weighted by Gasteiger charge is 2.17. The van der Waals surface area contributed by atoms with Crippen molar-refractivity contribution >= 4 is 17.6 Å². The van der Waals surface area contributed by atoms with E-state index in [2.05, 4.69) is 0 Å². The summed E-state index contributed by atoms with van der Waals surface area (Å²) in [4.78, 5) is 12.0. The van der Waals surface area contributed by atoms with Gasteiger partial charge < -0.3 is 16.2 Å². The molecule has 1 atom stereocenters. The molecule has 0 radical (unpaired) electrons. The third kappa shape index (κ3) is 5.95. The molecule has 2 aromatic rings. The van der Waals surface area contributed by atoms with Crippen LogP contribution in [0.2, 0.25) is 0 Å². The maximum Gasteiger partial charge on any atom is 0.306 e. The summed E-state index contributed by atoms with van der Waals surface area (Å²) in [5, 5.41) is 15.1. The average molecular weight is 366 g/mol. The number of ether oxygens (including phenoxy) is 1. The number of amidine groups is 2. The Bertz CT molecular complexity index is 815. The summed E-state index contributed by atoms with van der Waals surface area (Å²) in [6.07, 6.45) is 1.79. The molecule has 0 fully saturated rings. The minimum Gasteiger partial charge on any atom is -0.466 e. The molecule has 6 N–H and O–H groups in total. The van der Waals surface area contributed by atoms with Crippen LogP contribution < -0.4 is 11.5 Å². The number of nitrogen functional groups attached to an aromatic ring is 2. The molecular formula is C21H26N4O2. The summed E-state index contributed by atoms with van der Waals surface area (Å²) in [6, 6.07) is 15.0. The highest BCUT2D eigenvalue weighted by Crippen LogP contribution is 2.26. The number of benzene rings is 2. The molecule has 0 aliphatic rings. The van der Waals surface area contributed by atoms with Crippen molar-refractivity contribution in [3.63, 3.8) is 0 Å². The topological polar surface area (TPSA) is 126 Å². The summed E-state index contributed by atoms with van der Waals surface area (Å²) in [5.74, 6) is -0.175. The normalized spacial score (nSPS) is 11.6. The third-order valence-electron chi connectivity index (χ3n) is 4.43. The lowest BCUT2D eigenvalue weighted by Crippen LogP contribution is -2.13. The first-order valence-corrected chi connectivity index (χ1v) is 8.94. The van der Waals surface area contributed by atoms with Crippen LogP contribution in [-0.2, 0) is 16.0 Å². The van der Waals surface area contributed by atoms with Crippen LogP contribution in [0.5, 0.6) is 0 Å². The second-order valence-electron chi connectivity index (χ2n) is 6.39. The van der Waals surface area contributed by atoms with E-state index in [9.17, 15) is 4.79 Å². The van der Waals surface area contributed by atoms with Gasteiger partial charge in [-0.2, -0.15) is 0 Å². The Morgan fingerprint density at radius 1 is 1.04 bits per heavy atom. The van der Waals surface area contributed by atoms with E-state index < -0.39 is 0 Å². The molecule has 2 rings (SSSR count). The lowest BCUT2D eigenvalue weighted by molar-refractivity contribution is -0.143. The largest absolute Gasteiger partial charge is 0.466 e. The summed E-state index contributed by atoms with van der Waals surface area (Å²) in [7, 11) is 0. The Hall–Kier alpha value is -3.15. The van der Waals surface area contributed by atoms with Crippen molar-refractivity contribution in [1.29, 1.82) is 10.8 Å². The van der Waals surface area contributed by atoms with Gasteiger partial charge in [0.05, 0.1) is 13.0 Å². The molecule has 6 nitrogen and oxygen atoms in total. The number of rotatable bonds is 9. The van der Waals surface area contributed by atoms with E-state index in [1.807, 2.05) is 36.4 Å². The van der Waals surface area contributed by atoms with Crippen LogP contribution in [0.25, 0.3) is 0 Å². The second kappa shape index (κ2) is 9.52. The van der Waals surface area contributed by atoms with Gasteiger partial charge in [0, 0.05) is 11.1 Å². The highest BCUT2D eigenvalue weighted by molar-refractivity contribution is 5.95. The van der Waals surface area contributed by atoms with Gasteiger partial charge in [-0.15, -0.1) is 0 Å².